The molecule has 0 saturated carbocycles. The van der Waals surface area contributed by atoms with Crippen LogP contribution in [0.25, 0.3) is 10.8 Å². The smallest absolute Gasteiger partial charge is 0.255 e. The lowest BCUT2D eigenvalue weighted by Gasteiger charge is -2.24. The van der Waals surface area contributed by atoms with E-state index in [1.807, 2.05) is 37.1 Å². The lowest BCUT2D eigenvalue weighted by Crippen LogP contribution is -2.30. The number of fused-ring (bicyclic) bond motifs is 1. The van der Waals surface area contributed by atoms with Crippen LogP contribution in [0, 0.1) is 6.92 Å². The topological polar surface area (TPSA) is 43.8 Å². The van der Waals surface area contributed by atoms with Crippen LogP contribution in [0.4, 0.5) is 0 Å². The van der Waals surface area contributed by atoms with E-state index in [0.29, 0.717) is 18.7 Å². The molecular formula is C23H28N2O2. The Morgan fingerprint density at radius 3 is 2.70 bits per heavy atom. The molecule has 142 valence electrons. The minimum Gasteiger partial charge on any atom is -0.508 e. The van der Waals surface area contributed by atoms with Crippen molar-refractivity contribution in [2.24, 2.45) is 0 Å². The number of nitrogens with zero attached hydrogens (tertiary/aromatic N) is 2. The predicted molar refractivity (Wildman–Crippen MR) is 111 cm³/mol. The number of phenolic OH excluding ortho intramolecular Hbond substituents is 1. The van der Waals surface area contributed by atoms with Crippen molar-refractivity contribution >= 4 is 16.7 Å². The second-order valence-electron chi connectivity index (χ2n) is 7.45. The number of aryl methyl sites for hydroxylation is 1. The van der Waals surface area contributed by atoms with Gasteiger partial charge < -0.3 is 14.9 Å². The molecule has 1 N–H and O–H groups in total. The van der Waals surface area contributed by atoms with Crippen LogP contribution in [-0.4, -0.2) is 47.5 Å². The molecule has 0 bridgehead atoms. The van der Waals surface area contributed by atoms with Crippen LogP contribution in [0.5, 0.6) is 5.75 Å². The first-order valence-electron chi connectivity index (χ1n) is 9.44. The van der Waals surface area contributed by atoms with Crippen LogP contribution >= 0.6 is 0 Å². The van der Waals surface area contributed by atoms with E-state index < -0.39 is 0 Å². The summed E-state index contributed by atoms with van der Waals surface area (Å²) in [5.74, 6) is 0.0677. The lowest BCUT2D eigenvalue weighted by molar-refractivity contribution is 0.0797. The Kier molecular flexibility index (Phi) is 5.26. The van der Waals surface area contributed by atoms with Gasteiger partial charge in [-0.3, -0.25) is 4.79 Å². The Hall–Kier alpha value is -2.75. The summed E-state index contributed by atoms with van der Waals surface area (Å²) in [6.07, 6.45) is 1.05. The van der Waals surface area contributed by atoms with E-state index in [0.717, 1.165) is 40.6 Å². The van der Waals surface area contributed by atoms with Gasteiger partial charge in [0.25, 0.3) is 5.91 Å². The van der Waals surface area contributed by atoms with E-state index in [1.54, 1.807) is 12.1 Å². The zero-order valence-corrected chi connectivity index (χ0v) is 16.7. The molecule has 1 aliphatic rings. The Morgan fingerprint density at radius 2 is 2.00 bits per heavy atom. The first-order valence-corrected chi connectivity index (χ1v) is 9.44. The molecule has 1 aliphatic heterocycles. The summed E-state index contributed by atoms with van der Waals surface area (Å²) >= 11 is 0. The maximum atomic E-state index is 13.3. The van der Waals surface area contributed by atoms with Crippen LogP contribution in [0.1, 0.15) is 36.2 Å². The van der Waals surface area contributed by atoms with E-state index in [-0.39, 0.29) is 11.7 Å². The third-order valence-electron chi connectivity index (χ3n) is 5.35. The summed E-state index contributed by atoms with van der Waals surface area (Å²) in [6.45, 7) is 12.5. The zero-order valence-electron chi connectivity index (χ0n) is 16.7. The number of aromatic hydroxyl groups is 1. The molecule has 0 fully saturated rings. The van der Waals surface area contributed by atoms with E-state index >= 15 is 0 Å². The molecule has 0 unspecified atom stereocenters. The number of phenols is 1. The normalized spacial score (nSPS) is 14.1. The second-order valence-corrected chi connectivity index (χ2v) is 7.45. The van der Waals surface area contributed by atoms with Gasteiger partial charge in [-0.2, -0.15) is 0 Å². The van der Waals surface area contributed by atoms with Crippen LogP contribution in [0.15, 0.2) is 53.8 Å². The molecule has 2 aromatic carbocycles. The maximum absolute atomic E-state index is 13.3. The van der Waals surface area contributed by atoms with Crippen LogP contribution < -0.4 is 0 Å². The lowest BCUT2D eigenvalue weighted by atomic mass is 9.98. The van der Waals surface area contributed by atoms with Gasteiger partial charge in [0, 0.05) is 32.4 Å². The first-order chi connectivity index (χ1) is 12.8. The van der Waals surface area contributed by atoms with Crippen LogP contribution in [0.3, 0.4) is 0 Å². The number of rotatable bonds is 5. The molecule has 0 spiro atoms. The average molecular weight is 364 g/mol. The number of likely N-dealkylation sites (N-methyl/N-ethyl adjacent to an activating group) is 1. The predicted octanol–water partition coefficient (Wildman–Crippen LogP) is 4.48. The Bertz CT molecular complexity index is 943. The molecule has 3 rings (SSSR count). The van der Waals surface area contributed by atoms with Crippen LogP contribution in [0.2, 0.25) is 0 Å². The fraction of sp³-hybridized carbons (Fsp3) is 0.348. The molecule has 0 aliphatic carbocycles. The Labute approximate surface area is 161 Å². The molecule has 0 saturated heterocycles. The van der Waals surface area contributed by atoms with Crippen molar-refractivity contribution in [2.45, 2.75) is 27.2 Å². The molecule has 27 heavy (non-hydrogen) atoms. The summed E-state index contributed by atoms with van der Waals surface area (Å²) < 4.78 is 0. The molecule has 2 aromatic rings. The van der Waals surface area contributed by atoms with Crippen molar-refractivity contribution in [3.63, 3.8) is 0 Å². The van der Waals surface area contributed by atoms with Gasteiger partial charge in [0.1, 0.15) is 5.75 Å². The highest BCUT2D eigenvalue weighted by atomic mass is 16.3. The van der Waals surface area contributed by atoms with Gasteiger partial charge in [0.15, 0.2) is 0 Å². The summed E-state index contributed by atoms with van der Waals surface area (Å²) in [7, 11) is 2.04. The zero-order chi connectivity index (χ0) is 19.7. The molecule has 4 nitrogen and oxygen atoms in total. The highest BCUT2D eigenvalue weighted by Gasteiger charge is 2.28. The van der Waals surface area contributed by atoms with E-state index in [2.05, 4.69) is 25.3 Å². The minimum absolute atomic E-state index is 0.0505. The summed E-state index contributed by atoms with van der Waals surface area (Å²) in [5.41, 5.74) is 4.90. The van der Waals surface area contributed by atoms with Crippen molar-refractivity contribution < 1.29 is 9.90 Å². The highest BCUT2D eigenvalue weighted by Crippen LogP contribution is 2.31. The van der Waals surface area contributed by atoms with Crippen molar-refractivity contribution in [1.29, 1.82) is 0 Å². The number of amides is 1. The van der Waals surface area contributed by atoms with Crippen LogP contribution in [-0.2, 0) is 0 Å². The molecule has 0 atom stereocenters. The van der Waals surface area contributed by atoms with Gasteiger partial charge in [0.2, 0.25) is 0 Å². The fourth-order valence-electron chi connectivity index (χ4n) is 3.88. The SMILES string of the molecule is C=C(C1=C(C)CN(C(=O)c2cc(O)cc3cccc(C)c23)C1)N(C)CCC. The van der Waals surface area contributed by atoms with E-state index in [9.17, 15) is 9.90 Å². The van der Waals surface area contributed by atoms with Crippen molar-refractivity contribution in [3.05, 3.63) is 64.9 Å². The van der Waals surface area contributed by atoms with Gasteiger partial charge in [-0.1, -0.05) is 31.7 Å². The number of benzene rings is 2. The number of hydrogen-bond donors (Lipinski definition) is 1. The first kappa shape index (κ1) is 19.0. The molecule has 0 aromatic heterocycles. The Morgan fingerprint density at radius 1 is 1.26 bits per heavy atom. The van der Waals surface area contributed by atoms with Gasteiger partial charge in [-0.05, 0) is 59.9 Å². The molecule has 4 heteroatoms. The average Bonchev–Trinajstić information content (AvgIpc) is 3.01. The summed E-state index contributed by atoms with van der Waals surface area (Å²) in [6, 6.07) is 9.16. The summed E-state index contributed by atoms with van der Waals surface area (Å²) in [5, 5.41) is 11.9. The van der Waals surface area contributed by atoms with Gasteiger partial charge in [-0.15, -0.1) is 0 Å². The Balaban J connectivity index is 1.91. The molecule has 1 heterocycles. The van der Waals surface area contributed by atoms with Crippen molar-refractivity contribution in [3.8, 4) is 5.75 Å². The van der Waals surface area contributed by atoms with Gasteiger partial charge in [-0.25, -0.2) is 0 Å². The third kappa shape index (κ3) is 3.57. The number of carbonyl (C=O) groups excluding carboxylic acids is 1. The number of hydrogen-bond acceptors (Lipinski definition) is 3. The number of carbonyl (C=O) groups is 1. The molecular weight excluding hydrogens is 336 g/mol. The highest BCUT2D eigenvalue weighted by molar-refractivity contribution is 6.09. The monoisotopic (exact) mass is 364 g/mol. The molecule has 0 radical (unpaired) electrons. The van der Waals surface area contributed by atoms with Gasteiger partial charge in [0.05, 0.1) is 5.56 Å². The maximum Gasteiger partial charge on any atom is 0.255 e. The van der Waals surface area contributed by atoms with Crippen molar-refractivity contribution in [1.82, 2.24) is 9.80 Å². The van der Waals surface area contributed by atoms with E-state index in [1.165, 1.54) is 5.57 Å². The minimum atomic E-state index is -0.0505. The quantitative estimate of drug-likeness (QED) is 0.851. The third-order valence-corrected chi connectivity index (χ3v) is 5.35. The summed E-state index contributed by atoms with van der Waals surface area (Å²) in [4.78, 5) is 17.3. The van der Waals surface area contributed by atoms with Crippen molar-refractivity contribution in [2.75, 3.05) is 26.7 Å². The van der Waals surface area contributed by atoms with E-state index in [4.69, 9.17) is 0 Å². The van der Waals surface area contributed by atoms with Gasteiger partial charge >= 0.3 is 0 Å². The standard InChI is InChI=1S/C23H28N2O2/c1-6-10-24(5)17(4)21-14-25(13-16(21)3)23(27)20-12-19(26)11-18-9-7-8-15(2)22(18)20/h7-9,11-12,26H,4,6,10,13-14H2,1-3,5H3. The largest absolute Gasteiger partial charge is 0.508 e. The fourth-order valence-corrected chi connectivity index (χ4v) is 3.88. The second kappa shape index (κ2) is 7.47. The molecule has 1 amide bonds.